The molecule has 0 spiro atoms. The molecular formula is C11H22N2O. The zero-order valence-electron chi connectivity index (χ0n) is 9.25. The second-order valence-corrected chi connectivity index (χ2v) is 4.49. The molecular weight excluding hydrogens is 176 g/mol. The Balaban J connectivity index is 2.32. The van der Waals surface area contributed by atoms with Gasteiger partial charge in [-0.2, -0.15) is 0 Å². The van der Waals surface area contributed by atoms with Crippen LogP contribution < -0.4 is 11.1 Å². The van der Waals surface area contributed by atoms with Gasteiger partial charge in [0.1, 0.15) is 0 Å². The molecule has 1 aliphatic rings. The molecule has 0 radical (unpaired) electrons. The fourth-order valence-electron chi connectivity index (χ4n) is 2.06. The molecule has 1 amide bonds. The zero-order chi connectivity index (χ0) is 10.6. The van der Waals surface area contributed by atoms with E-state index in [1.54, 1.807) is 0 Å². The van der Waals surface area contributed by atoms with Crippen LogP contribution >= 0.6 is 0 Å². The van der Waals surface area contributed by atoms with Crippen LogP contribution in [0.15, 0.2) is 0 Å². The van der Waals surface area contributed by atoms with Crippen molar-refractivity contribution < 1.29 is 4.79 Å². The number of hydrogen-bond acceptors (Lipinski definition) is 2. The van der Waals surface area contributed by atoms with Crippen LogP contribution in [-0.2, 0) is 4.79 Å². The highest BCUT2D eigenvalue weighted by Crippen LogP contribution is 2.23. The van der Waals surface area contributed by atoms with E-state index in [-0.39, 0.29) is 11.9 Å². The number of carbonyl (C=O) groups excluding carboxylic acids is 1. The Labute approximate surface area is 86.4 Å². The highest BCUT2D eigenvalue weighted by atomic mass is 16.2. The van der Waals surface area contributed by atoms with Crippen LogP contribution in [0.2, 0.25) is 0 Å². The van der Waals surface area contributed by atoms with Crippen LogP contribution in [0.5, 0.6) is 0 Å². The maximum Gasteiger partial charge on any atom is 0.237 e. The molecule has 0 aromatic carbocycles. The Morgan fingerprint density at radius 1 is 1.57 bits per heavy atom. The van der Waals surface area contributed by atoms with Crippen molar-refractivity contribution in [1.29, 1.82) is 0 Å². The lowest BCUT2D eigenvalue weighted by Gasteiger charge is -2.28. The van der Waals surface area contributed by atoms with Gasteiger partial charge < -0.3 is 11.1 Å². The first-order valence-electron chi connectivity index (χ1n) is 5.69. The largest absolute Gasteiger partial charge is 0.352 e. The van der Waals surface area contributed by atoms with Gasteiger partial charge in [-0.05, 0) is 25.2 Å². The first-order valence-corrected chi connectivity index (χ1v) is 5.69. The quantitative estimate of drug-likeness (QED) is 0.720. The van der Waals surface area contributed by atoms with E-state index in [4.69, 9.17) is 5.73 Å². The van der Waals surface area contributed by atoms with E-state index in [0.717, 1.165) is 18.8 Å². The van der Waals surface area contributed by atoms with Crippen LogP contribution in [0.3, 0.4) is 0 Å². The molecule has 82 valence electrons. The van der Waals surface area contributed by atoms with Gasteiger partial charge >= 0.3 is 0 Å². The van der Waals surface area contributed by atoms with Crippen molar-refractivity contribution in [2.75, 3.05) is 0 Å². The highest BCUT2D eigenvalue weighted by molar-refractivity contribution is 5.81. The maximum absolute atomic E-state index is 11.5. The summed E-state index contributed by atoms with van der Waals surface area (Å²) >= 11 is 0. The third kappa shape index (κ3) is 3.29. The molecule has 1 aliphatic carbocycles. The van der Waals surface area contributed by atoms with E-state index in [1.807, 2.05) is 6.92 Å². The maximum atomic E-state index is 11.5. The van der Waals surface area contributed by atoms with Gasteiger partial charge in [0.15, 0.2) is 0 Å². The van der Waals surface area contributed by atoms with Crippen molar-refractivity contribution in [3.63, 3.8) is 0 Å². The van der Waals surface area contributed by atoms with E-state index < -0.39 is 0 Å². The topological polar surface area (TPSA) is 55.1 Å². The number of carbonyl (C=O) groups is 1. The van der Waals surface area contributed by atoms with E-state index in [0.29, 0.717) is 12.5 Å². The molecule has 1 rings (SSSR count). The summed E-state index contributed by atoms with van der Waals surface area (Å²) in [6, 6.07) is 0.0380. The first kappa shape index (κ1) is 11.5. The number of nitrogens with two attached hydrogens (primary N) is 1. The molecule has 0 heterocycles. The van der Waals surface area contributed by atoms with Crippen LogP contribution in [0.1, 0.15) is 46.0 Å². The third-order valence-corrected chi connectivity index (χ3v) is 3.06. The molecule has 3 N–H and O–H groups in total. The van der Waals surface area contributed by atoms with Gasteiger partial charge in [-0.25, -0.2) is 0 Å². The number of nitrogens with one attached hydrogen (secondary N) is 1. The van der Waals surface area contributed by atoms with Crippen molar-refractivity contribution in [3.05, 3.63) is 0 Å². The van der Waals surface area contributed by atoms with Crippen LogP contribution in [-0.4, -0.2) is 18.0 Å². The van der Waals surface area contributed by atoms with Gasteiger partial charge in [-0.1, -0.05) is 26.7 Å². The Bertz CT molecular complexity index is 194. The van der Waals surface area contributed by atoms with Gasteiger partial charge in [0.05, 0.1) is 6.04 Å². The molecule has 3 unspecified atom stereocenters. The molecule has 3 atom stereocenters. The smallest absolute Gasteiger partial charge is 0.237 e. The average Bonchev–Trinajstić information content (AvgIpc) is 2.16. The molecule has 0 saturated heterocycles. The lowest BCUT2D eigenvalue weighted by Crippen LogP contribution is -2.46. The second kappa shape index (κ2) is 5.35. The fourth-order valence-corrected chi connectivity index (χ4v) is 2.06. The standard InChI is InChI=1S/C11H22N2O/c1-3-10(12)11(14)13-9-6-4-5-8(2)7-9/h8-10H,3-7,12H2,1-2H3,(H,13,14). The summed E-state index contributed by atoms with van der Waals surface area (Å²) in [5.41, 5.74) is 5.66. The Morgan fingerprint density at radius 3 is 2.86 bits per heavy atom. The molecule has 0 aromatic rings. The minimum absolute atomic E-state index is 0.0200. The normalized spacial score (nSPS) is 29.6. The van der Waals surface area contributed by atoms with Crippen molar-refractivity contribution in [2.45, 2.75) is 58.0 Å². The van der Waals surface area contributed by atoms with Gasteiger partial charge in [0, 0.05) is 6.04 Å². The molecule has 1 fully saturated rings. The molecule has 3 nitrogen and oxygen atoms in total. The SMILES string of the molecule is CCC(N)C(=O)NC1CCCC(C)C1. The van der Waals surface area contributed by atoms with Gasteiger partial charge in [0.25, 0.3) is 0 Å². The summed E-state index contributed by atoms with van der Waals surface area (Å²) in [6.45, 7) is 4.19. The summed E-state index contributed by atoms with van der Waals surface area (Å²) in [6.07, 6.45) is 5.47. The minimum atomic E-state index is -0.327. The van der Waals surface area contributed by atoms with Crippen molar-refractivity contribution in [2.24, 2.45) is 11.7 Å². The summed E-state index contributed by atoms with van der Waals surface area (Å²) in [5.74, 6) is 0.763. The molecule has 3 heteroatoms. The van der Waals surface area contributed by atoms with E-state index >= 15 is 0 Å². The monoisotopic (exact) mass is 198 g/mol. The van der Waals surface area contributed by atoms with Crippen molar-refractivity contribution in [3.8, 4) is 0 Å². The highest BCUT2D eigenvalue weighted by Gasteiger charge is 2.21. The molecule has 14 heavy (non-hydrogen) atoms. The third-order valence-electron chi connectivity index (χ3n) is 3.06. The Hall–Kier alpha value is -0.570. The lowest BCUT2D eigenvalue weighted by molar-refractivity contribution is -0.123. The predicted octanol–water partition coefficient (Wildman–Crippen LogP) is 1.42. The van der Waals surface area contributed by atoms with E-state index in [2.05, 4.69) is 12.2 Å². The van der Waals surface area contributed by atoms with Crippen LogP contribution in [0.4, 0.5) is 0 Å². The number of amides is 1. The van der Waals surface area contributed by atoms with E-state index in [1.165, 1.54) is 12.8 Å². The van der Waals surface area contributed by atoms with Crippen molar-refractivity contribution in [1.82, 2.24) is 5.32 Å². The zero-order valence-corrected chi connectivity index (χ0v) is 9.25. The summed E-state index contributed by atoms with van der Waals surface area (Å²) in [5, 5.41) is 3.04. The molecule has 0 bridgehead atoms. The number of hydrogen-bond donors (Lipinski definition) is 2. The molecule has 0 aromatic heterocycles. The Kier molecular flexibility index (Phi) is 4.39. The van der Waals surface area contributed by atoms with Crippen LogP contribution in [0.25, 0.3) is 0 Å². The average molecular weight is 198 g/mol. The van der Waals surface area contributed by atoms with Gasteiger partial charge in [-0.3, -0.25) is 4.79 Å². The number of rotatable bonds is 3. The van der Waals surface area contributed by atoms with Crippen LogP contribution in [0, 0.1) is 5.92 Å². The summed E-state index contributed by atoms with van der Waals surface area (Å²) < 4.78 is 0. The summed E-state index contributed by atoms with van der Waals surface area (Å²) in [7, 11) is 0. The predicted molar refractivity (Wildman–Crippen MR) is 57.8 cm³/mol. The first-order chi connectivity index (χ1) is 6.63. The minimum Gasteiger partial charge on any atom is -0.352 e. The van der Waals surface area contributed by atoms with Gasteiger partial charge in [-0.15, -0.1) is 0 Å². The molecule has 1 saturated carbocycles. The van der Waals surface area contributed by atoms with Crippen molar-refractivity contribution >= 4 is 5.91 Å². The van der Waals surface area contributed by atoms with Gasteiger partial charge in [0.2, 0.25) is 5.91 Å². The lowest BCUT2D eigenvalue weighted by atomic mass is 9.87. The second-order valence-electron chi connectivity index (χ2n) is 4.49. The summed E-state index contributed by atoms with van der Waals surface area (Å²) in [4.78, 5) is 11.5. The van der Waals surface area contributed by atoms with E-state index in [9.17, 15) is 4.79 Å². The Morgan fingerprint density at radius 2 is 2.29 bits per heavy atom. The molecule has 0 aliphatic heterocycles. The fraction of sp³-hybridized carbons (Fsp3) is 0.909.